The standard InChI is InChI=1S/C16H15F3N2O4S/c1-15(2)10(14(24)25)21-12(23)9(13(21)26-15)20-11(22)7-5-3-4-6-8(7)16(17,18)19/h3-6,9-10,13H,1-2H3,(H,20,22)(H,24,25)/t9-,10+,13-/m1/s1. The summed E-state index contributed by atoms with van der Waals surface area (Å²) >= 11 is 1.20. The number of rotatable bonds is 3. The summed E-state index contributed by atoms with van der Waals surface area (Å²) in [6, 6.07) is 2.18. The van der Waals surface area contributed by atoms with Gasteiger partial charge in [-0.1, -0.05) is 12.1 Å². The molecule has 6 nitrogen and oxygen atoms in total. The van der Waals surface area contributed by atoms with Gasteiger partial charge in [0.25, 0.3) is 5.91 Å². The number of hydrogen-bond acceptors (Lipinski definition) is 4. The number of carbonyl (C=O) groups is 3. The second-order valence-corrected chi connectivity index (χ2v) is 8.36. The molecule has 0 unspecified atom stereocenters. The summed E-state index contributed by atoms with van der Waals surface area (Å²) in [5.41, 5.74) is -1.67. The summed E-state index contributed by atoms with van der Waals surface area (Å²) in [5.74, 6) is -2.79. The van der Waals surface area contributed by atoms with Crippen LogP contribution >= 0.6 is 11.8 Å². The number of halogens is 3. The molecule has 26 heavy (non-hydrogen) atoms. The number of hydrogen-bond donors (Lipinski definition) is 2. The van der Waals surface area contributed by atoms with E-state index in [0.29, 0.717) is 0 Å². The van der Waals surface area contributed by atoms with Crippen LogP contribution in [0.25, 0.3) is 0 Å². The maximum absolute atomic E-state index is 13.1. The summed E-state index contributed by atoms with van der Waals surface area (Å²) < 4.78 is 38.4. The van der Waals surface area contributed by atoms with E-state index in [1.165, 1.54) is 23.9 Å². The topological polar surface area (TPSA) is 86.7 Å². The van der Waals surface area contributed by atoms with Crippen molar-refractivity contribution in [1.29, 1.82) is 0 Å². The summed E-state index contributed by atoms with van der Waals surface area (Å²) in [7, 11) is 0. The SMILES string of the molecule is CC1(C)S[C@@H]2[C@H](NC(=O)c3ccccc3C(F)(F)F)C(=O)N2[C@H]1C(=O)O. The van der Waals surface area contributed by atoms with Gasteiger partial charge < -0.3 is 15.3 Å². The Balaban J connectivity index is 1.81. The van der Waals surface area contributed by atoms with Gasteiger partial charge in [0.15, 0.2) is 0 Å². The number of carbonyl (C=O) groups excluding carboxylic acids is 2. The number of nitrogens with one attached hydrogen (secondary N) is 1. The van der Waals surface area contributed by atoms with Crippen molar-refractivity contribution in [3.8, 4) is 0 Å². The van der Waals surface area contributed by atoms with Gasteiger partial charge in [-0.3, -0.25) is 9.59 Å². The van der Waals surface area contributed by atoms with Crippen LogP contribution in [0, 0.1) is 0 Å². The highest BCUT2D eigenvalue weighted by Gasteiger charge is 2.64. The van der Waals surface area contributed by atoms with Gasteiger partial charge in [-0.2, -0.15) is 13.2 Å². The number of amides is 2. The van der Waals surface area contributed by atoms with E-state index >= 15 is 0 Å². The van der Waals surface area contributed by atoms with E-state index in [2.05, 4.69) is 5.32 Å². The molecule has 0 aliphatic carbocycles. The minimum Gasteiger partial charge on any atom is -0.480 e. The summed E-state index contributed by atoms with van der Waals surface area (Å²) in [4.78, 5) is 37.2. The molecule has 2 saturated heterocycles. The lowest BCUT2D eigenvalue weighted by molar-refractivity contribution is -0.159. The van der Waals surface area contributed by atoms with E-state index in [1.807, 2.05) is 0 Å². The molecule has 2 aliphatic heterocycles. The normalized spacial score (nSPS) is 26.9. The van der Waals surface area contributed by atoms with Gasteiger partial charge in [0.2, 0.25) is 5.91 Å². The Labute approximate surface area is 150 Å². The van der Waals surface area contributed by atoms with Crippen molar-refractivity contribution in [1.82, 2.24) is 10.2 Å². The summed E-state index contributed by atoms with van der Waals surface area (Å²) in [6.07, 6.45) is -4.71. The van der Waals surface area contributed by atoms with Gasteiger partial charge in [-0.25, -0.2) is 4.79 Å². The lowest BCUT2D eigenvalue weighted by Crippen LogP contribution is -2.70. The van der Waals surface area contributed by atoms with Crippen molar-refractivity contribution < 1.29 is 32.7 Å². The molecular formula is C16H15F3N2O4S. The predicted octanol–water partition coefficient (Wildman–Crippen LogP) is 1.95. The maximum Gasteiger partial charge on any atom is 0.417 e. The molecule has 0 radical (unpaired) electrons. The molecule has 3 atom stereocenters. The predicted molar refractivity (Wildman–Crippen MR) is 86.4 cm³/mol. The number of thioether (sulfide) groups is 1. The zero-order valence-electron chi connectivity index (χ0n) is 13.7. The molecule has 10 heteroatoms. The Morgan fingerprint density at radius 2 is 1.88 bits per heavy atom. The maximum atomic E-state index is 13.1. The summed E-state index contributed by atoms with van der Waals surface area (Å²) in [5, 5.41) is 11.0. The van der Waals surface area contributed by atoms with Crippen LogP contribution < -0.4 is 5.32 Å². The van der Waals surface area contributed by atoms with E-state index in [-0.39, 0.29) is 0 Å². The molecule has 1 aromatic carbocycles. The number of fused-ring (bicyclic) bond motifs is 1. The third kappa shape index (κ3) is 2.81. The molecule has 2 aliphatic rings. The van der Waals surface area contributed by atoms with E-state index in [0.717, 1.165) is 17.0 Å². The first kappa shape index (κ1) is 18.6. The number of aliphatic carboxylic acids is 1. The van der Waals surface area contributed by atoms with Gasteiger partial charge in [0.1, 0.15) is 17.5 Å². The monoisotopic (exact) mass is 388 g/mol. The molecule has 0 bridgehead atoms. The van der Waals surface area contributed by atoms with Crippen LogP contribution in [0.1, 0.15) is 29.8 Å². The fourth-order valence-electron chi connectivity index (χ4n) is 3.29. The molecule has 3 rings (SSSR count). The third-order valence-electron chi connectivity index (χ3n) is 4.44. The van der Waals surface area contributed by atoms with E-state index in [1.54, 1.807) is 13.8 Å². The molecule has 0 spiro atoms. The van der Waals surface area contributed by atoms with Crippen LogP contribution in [-0.2, 0) is 15.8 Å². The quantitative estimate of drug-likeness (QED) is 0.773. The number of alkyl halides is 3. The second-order valence-electron chi connectivity index (χ2n) is 6.59. The van der Waals surface area contributed by atoms with Gasteiger partial charge in [-0.05, 0) is 26.0 Å². The highest BCUT2D eigenvalue weighted by atomic mass is 32.2. The van der Waals surface area contributed by atoms with Gasteiger partial charge in [-0.15, -0.1) is 11.8 Å². The summed E-state index contributed by atoms with van der Waals surface area (Å²) in [6.45, 7) is 3.33. The molecular weight excluding hydrogens is 373 g/mol. The fourth-order valence-corrected chi connectivity index (χ4v) is 4.92. The molecule has 2 fully saturated rings. The fraction of sp³-hybridized carbons (Fsp3) is 0.438. The lowest BCUT2D eigenvalue weighted by atomic mass is 9.95. The van der Waals surface area contributed by atoms with Crippen molar-refractivity contribution in [2.45, 2.75) is 42.2 Å². The zero-order valence-corrected chi connectivity index (χ0v) is 14.5. The van der Waals surface area contributed by atoms with Crippen LogP contribution in [-0.4, -0.2) is 50.0 Å². The molecule has 1 aromatic rings. The number of carboxylic acid groups (broad SMARTS) is 1. The highest BCUT2D eigenvalue weighted by Crippen LogP contribution is 2.50. The first-order valence-electron chi connectivity index (χ1n) is 7.65. The van der Waals surface area contributed by atoms with Gasteiger partial charge >= 0.3 is 12.1 Å². The molecule has 0 aromatic heterocycles. The van der Waals surface area contributed by atoms with Gasteiger partial charge in [0, 0.05) is 4.75 Å². The first-order chi connectivity index (χ1) is 11.9. The van der Waals surface area contributed by atoms with Crippen molar-refractivity contribution >= 4 is 29.5 Å². The largest absolute Gasteiger partial charge is 0.480 e. The van der Waals surface area contributed by atoms with Crippen LogP contribution in [0.5, 0.6) is 0 Å². The van der Waals surface area contributed by atoms with E-state index in [9.17, 15) is 32.7 Å². The Hall–Kier alpha value is -2.23. The van der Waals surface area contributed by atoms with Crippen molar-refractivity contribution in [3.05, 3.63) is 35.4 Å². The molecule has 2 heterocycles. The van der Waals surface area contributed by atoms with Crippen molar-refractivity contribution in [2.75, 3.05) is 0 Å². The van der Waals surface area contributed by atoms with Crippen LogP contribution in [0.2, 0.25) is 0 Å². The average molecular weight is 388 g/mol. The Morgan fingerprint density at radius 3 is 2.46 bits per heavy atom. The van der Waals surface area contributed by atoms with Crippen LogP contribution in [0.15, 0.2) is 24.3 Å². The molecule has 2 N–H and O–H groups in total. The van der Waals surface area contributed by atoms with Gasteiger partial charge in [0.05, 0.1) is 11.1 Å². The minimum atomic E-state index is -4.71. The minimum absolute atomic E-state index is 0.580. The molecule has 0 saturated carbocycles. The number of β-lactam (4-membered cyclic amide) rings is 1. The Kier molecular flexibility index (Phi) is 4.21. The zero-order chi connectivity index (χ0) is 19.4. The van der Waals surface area contributed by atoms with E-state index < -0.39 is 57.3 Å². The smallest absolute Gasteiger partial charge is 0.417 e. The van der Waals surface area contributed by atoms with Crippen molar-refractivity contribution in [2.24, 2.45) is 0 Å². The number of nitrogens with zero attached hydrogens (tertiary/aromatic N) is 1. The lowest BCUT2D eigenvalue weighted by Gasteiger charge is -2.43. The highest BCUT2D eigenvalue weighted by molar-refractivity contribution is 8.01. The third-order valence-corrected chi connectivity index (χ3v) is 6.01. The molecule has 2 amide bonds. The van der Waals surface area contributed by atoms with Crippen LogP contribution in [0.3, 0.4) is 0 Å². The molecule has 140 valence electrons. The number of carboxylic acids is 1. The Morgan fingerprint density at radius 1 is 1.27 bits per heavy atom. The van der Waals surface area contributed by atoms with E-state index in [4.69, 9.17) is 0 Å². The number of benzene rings is 1. The van der Waals surface area contributed by atoms with Crippen molar-refractivity contribution in [3.63, 3.8) is 0 Å². The average Bonchev–Trinajstić information content (AvgIpc) is 2.80. The Bertz CT molecular complexity index is 796. The first-order valence-corrected chi connectivity index (χ1v) is 8.53. The van der Waals surface area contributed by atoms with Crippen LogP contribution in [0.4, 0.5) is 13.2 Å². The second kappa shape index (κ2) is 5.90.